The molecule has 0 aromatic heterocycles. The third-order valence-electron chi connectivity index (χ3n) is 3.19. The van der Waals surface area contributed by atoms with Gasteiger partial charge in [-0.25, -0.2) is 0 Å². The normalized spacial score (nSPS) is 23.8. The zero-order chi connectivity index (χ0) is 12.6. The topological polar surface area (TPSA) is 38.5 Å². The first-order chi connectivity index (χ1) is 7.87. The van der Waals surface area contributed by atoms with Crippen LogP contribution in [0, 0.1) is 6.92 Å². The first-order valence-electron chi connectivity index (χ1n) is 6.16. The summed E-state index contributed by atoms with van der Waals surface area (Å²) in [4.78, 5) is 2.38. The summed E-state index contributed by atoms with van der Waals surface area (Å²) in [6.45, 7) is 10.3. The molecule has 1 aliphatic heterocycles. The number of hydrogen-bond acceptors (Lipinski definition) is 3. The highest BCUT2D eigenvalue weighted by molar-refractivity contribution is 5.58. The fraction of sp³-hybridized carbons (Fsp3) is 0.571. The molecule has 0 saturated carbocycles. The van der Waals surface area contributed by atoms with Crippen molar-refractivity contribution in [2.45, 2.75) is 39.4 Å². The predicted molar refractivity (Wildman–Crippen MR) is 72.4 cm³/mol. The second-order valence-electron chi connectivity index (χ2n) is 5.61. The van der Waals surface area contributed by atoms with E-state index in [2.05, 4.69) is 37.8 Å². The maximum absolute atomic E-state index is 5.91. The van der Waals surface area contributed by atoms with Gasteiger partial charge in [0.05, 0.1) is 11.7 Å². The molecule has 1 aromatic rings. The second kappa shape index (κ2) is 4.22. The molecule has 1 heterocycles. The van der Waals surface area contributed by atoms with Crippen molar-refractivity contribution in [1.82, 2.24) is 0 Å². The Hall–Kier alpha value is -1.22. The van der Waals surface area contributed by atoms with Gasteiger partial charge in [0, 0.05) is 24.5 Å². The summed E-state index contributed by atoms with van der Waals surface area (Å²) >= 11 is 0. The van der Waals surface area contributed by atoms with Crippen LogP contribution >= 0.6 is 0 Å². The largest absolute Gasteiger partial charge is 0.399 e. The summed E-state index contributed by atoms with van der Waals surface area (Å²) in [6.07, 6.45) is 0.261. The maximum Gasteiger partial charge on any atom is 0.0805 e. The van der Waals surface area contributed by atoms with Crippen molar-refractivity contribution in [2.75, 3.05) is 23.7 Å². The zero-order valence-electron chi connectivity index (χ0n) is 11.2. The lowest BCUT2D eigenvalue weighted by molar-refractivity contribution is -0.0749. The van der Waals surface area contributed by atoms with Gasteiger partial charge in [0.25, 0.3) is 0 Å². The minimum atomic E-state index is -0.0903. The number of rotatable bonds is 1. The molecule has 94 valence electrons. The number of nitrogens with two attached hydrogens (primary N) is 1. The van der Waals surface area contributed by atoms with Gasteiger partial charge in [-0.15, -0.1) is 0 Å². The van der Waals surface area contributed by atoms with Crippen LogP contribution in [0.15, 0.2) is 18.2 Å². The summed E-state index contributed by atoms with van der Waals surface area (Å²) in [5.41, 5.74) is 9.00. The molecule has 0 amide bonds. The van der Waals surface area contributed by atoms with E-state index in [4.69, 9.17) is 10.5 Å². The fourth-order valence-electron chi connectivity index (χ4n) is 2.51. The Morgan fingerprint density at radius 3 is 2.71 bits per heavy atom. The number of hydrogen-bond donors (Lipinski definition) is 1. The van der Waals surface area contributed by atoms with Crippen LogP contribution in [0.5, 0.6) is 0 Å². The van der Waals surface area contributed by atoms with E-state index in [0.717, 1.165) is 24.3 Å². The van der Waals surface area contributed by atoms with Crippen LogP contribution in [0.25, 0.3) is 0 Å². The predicted octanol–water partition coefficient (Wildman–Crippen LogP) is 2.58. The van der Waals surface area contributed by atoms with E-state index in [-0.39, 0.29) is 11.7 Å². The van der Waals surface area contributed by atoms with Gasteiger partial charge in [-0.3, -0.25) is 0 Å². The van der Waals surface area contributed by atoms with Crippen LogP contribution in [0.3, 0.4) is 0 Å². The standard InChI is InChI=1S/C14H22N2O/c1-10-7-12(5-6-13(10)15)16-8-11(2)17-14(3,4)9-16/h5-7,11H,8-9,15H2,1-4H3. The lowest BCUT2D eigenvalue weighted by atomic mass is 10.0. The van der Waals surface area contributed by atoms with E-state index in [1.165, 1.54) is 5.69 Å². The zero-order valence-corrected chi connectivity index (χ0v) is 11.2. The van der Waals surface area contributed by atoms with Gasteiger partial charge in [-0.05, 0) is 51.5 Å². The Balaban J connectivity index is 2.24. The molecule has 0 spiro atoms. The van der Waals surface area contributed by atoms with Crippen LogP contribution in [0.4, 0.5) is 11.4 Å². The van der Waals surface area contributed by atoms with Gasteiger partial charge >= 0.3 is 0 Å². The van der Waals surface area contributed by atoms with Crippen molar-refractivity contribution < 1.29 is 4.74 Å². The summed E-state index contributed by atoms with van der Waals surface area (Å²) in [7, 11) is 0. The molecule has 2 rings (SSSR count). The van der Waals surface area contributed by atoms with Crippen molar-refractivity contribution in [3.63, 3.8) is 0 Å². The average molecular weight is 234 g/mol. The van der Waals surface area contributed by atoms with Crippen molar-refractivity contribution in [1.29, 1.82) is 0 Å². The smallest absolute Gasteiger partial charge is 0.0805 e. The Morgan fingerprint density at radius 2 is 2.12 bits per heavy atom. The fourth-order valence-corrected chi connectivity index (χ4v) is 2.51. The van der Waals surface area contributed by atoms with Crippen LogP contribution in [-0.4, -0.2) is 24.8 Å². The lowest BCUT2D eigenvalue weighted by Gasteiger charge is -2.43. The van der Waals surface area contributed by atoms with Gasteiger partial charge < -0.3 is 15.4 Å². The van der Waals surface area contributed by atoms with E-state index < -0.39 is 0 Å². The number of aryl methyl sites for hydroxylation is 1. The van der Waals surface area contributed by atoms with Gasteiger partial charge in [0.1, 0.15) is 0 Å². The number of nitrogens with zero attached hydrogens (tertiary/aromatic N) is 1. The quantitative estimate of drug-likeness (QED) is 0.759. The van der Waals surface area contributed by atoms with Crippen LogP contribution in [-0.2, 0) is 4.74 Å². The molecule has 1 atom stereocenters. The Bertz CT molecular complexity index is 415. The summed E-state index contributed by atoms with van der Waals surface area (Å²) < 4.78 is 5.91. The number of morpholine rings is 1. The number of nitrogen functional groups attached to an aromatic ring is 1. The number of benzene rings is 1. The molecule has 1 saturated heterocycles. The van der Waals surface area contributed by atoms with Gasteiger partial charge in [-0.1, -0.05) is 0 Å². The Morgan fingerprint density at radius 1 is 1.41 bits per heavy atom. The molecule has 3 heteroatoms. The van der Waals surface area contributed by atoms with E-state index in [1.807, 2.05) is 13.0 Å². The number of ether oxygens (including phenoxy) is 1. The molecule has 0 radical (unpaired) electrons. The molecular weight excluding hydrogens is 212 g/mol. The molecule has 2 N–H and O–H groups in total. The van der Waals surface area contributed by atoms with E-state index in [9.17, 15) is 0 Å². The van der Waals surface area contributed by atoms with Crippen molar-refractivity contribution in [3.05, 3.63) is 23.8 Å². The van der Waals surface area contributed by atoms with Gasteiger partial charge in [0.15, 0.2) is 0 Å². The third-order valence-corrected chi connectivity index (χ3v) is 3.19. The molecule has 1 aromatic carbocycles. The molecular formula is C14H22N2O. The lowest BCUT2D eigenvalue weighted by Crippen LogP contribution is -2.52. The van der Waals surface area contributed by atoms with Gasteiger partial charge in [-0.2, -0.15) is 0 Å². The SMILES string of the molecule is Cc1cc(N2CC(C)OC(C)(C)C2)ccc1N. The van der Waals surface area contributed by atoms with E-state index in [1.54, 1.807) is 0 Å². The average Bonchev–Trinajstić information content (AvgIpc) is 2.19. The molecule has 17 heavy (non-hydrogen) atoms. The Labute approximate surface area is 104 Å². The van der Waals surface area contributed by atoms with Crippen LogP contribution in [0.1, 0.15) is 26.3 Å². The summed E-state index contributed by atoms with van der Waals surface area (Å²) in [5, 5.41) is 0. The monoisotopic (exact) mass is 234 g/mol. The number of anilines is 2. The molecule has 0 aliphatic carbocycles. The van der Waals surface area contributed by atoms with Gasteiger partial charge in [0.2, 0.25) is 0 Å². The van der Waals surface area contributed by atoms with Crippen LogP contribution < -0.4 is 10.6 Å². The highest BCUT2D eigenvalue weighted by Gasteiger charge is 2.31. The van der Waals surface area contributed by atoms with Crippen molar-refractivity contribution in [3.8, 4) is 0 Å². The Kier molecular flexibility index (Phi) is 3.04. The highest BCUT2D eigenvalue weighted by Crippen LogP contribution is 2.27. The molecule has 0 bridgehead atoms. The van der Waals surface area contributed by atoms with Crippen molar-refractivity contribution in [2.24, 2.45) is 0 Å². The first-order valence-corrected chi connectivity index (χ1v) is 6.16. The highest BCUT2D eigenvalue weighted by atomic mass is 16.5. The molecule has 3 nitrogen and oxygen atoms in total. The van der Waals surface area contributed by atoms with Crippen molar-refractivity contribution >= 4 is 11.4 Å². The molecule has 1 unspecified atom stereocenters. The minimum Gasteiger partial charge on any atom is -0.399 e. The summed E-state index contributed by atoms with van der Waals surface area (Å²) in [5.74, 6) is 0. The maximum atomic E-state index is 5.91. The van der Waals surface area contributed by atoms with E-state index in [0.29, 0.717) is 0 Å². The summed E-state index contributed by atoms with van der Waals surface area (Å²) in [6, 6.07) is 6.23. The minimum absolute atomic E-state index is 0.0903. The molecule has 1 aliphatic rings. The first kappa shape index (κ1) is 12.2. The third kappa shape index (κ3) is 2.72. The molecule has 1 fully saturated rings. The van der Waals surface area contributed by atoms with E-state index >= 15 is 0 Å². The van der Waals surface area contributed by atoms with Crippen LogP contribution in [0.2, 0.25) is 0 Å². The second-order valence-corrected chi connectivity index (χ2v) is 5.61.